The number of aromatic nitrogens is 4. The highest BCUT2D eigenvalue weighted by Gasteiger charge is 2.36. The van der Waals surface area contributed by atoms with Crippen LogP contribution in [0.3, 0.4) is 0 Å². The Labute approximate surface area is 243 Å². The third-order valence-corrected chi connectivity index (χ3v) is 8.69. The van der Waals surface area contributed by atoms with Gasteiger partial charge in [0.1, 0.15) is 5.52 Å². The zero-order valence-electron chi connectivity index (χ0n) is 24.9. The summed E-state index contributed by atoms with van der Waals surface area (Å²) in [7, 11) is 2.00. The van der Waals surface area contributed by atoms with Crippen LogP contribution in [-0.4, -0.2) is 32.6 Å². The predicted octanol–water partition coefficient (Wildman–Crippen LogP) is 7.69. The lowest BCUT2D eigenvalue weighted by molar-refractivity contribution is 0.459. The summed E-state index contributed by atoms with van der Waals surface area (Å²) in [5, 5.41) is 3.68. The summed E-state index contributed by atoms with van der Waals surface area (Å²) < 4.78 is 2.00. The fraction of sp³-hybridized carbons (Fsp3) is 0.343. The Hall–Kier alpha value is -4.19. The summed E-state index contributed by atoms with van der Waals surface area (Å²) in [6.07, 6.45) is 4.93. The second-order valence-corrected chi connectivity index (χ2v) is 12.5. The van der Waals surface area contributed by atoms with Crippen molar-refractivity contribution in [3.05, 3.63) is 107 Å². The molecule has 0 aliphatic carbocycles. The van der Waals surface area contributed by atoms with Crippen LogP contribution in [0, 0.1) is 6.92 Å². The van der Waals surface area contributed by atoms with Crippen LogP contribution in [0.15, 0.2) is 85.2 Å². The fourth-order valence-corrected chi connectivity index (χ4v) is 6.22. The Morgan fingerprint density at radius 1 is 0.829 bits per heavy atom. The van der Waals surface area contributed by atoms with Gasteiger partial charge in [-0.05, 0) is 59.9 Å². The number of benzene rings is 3. The van der Waals surface area contributed by atoms with E-state index in [4.69, 9.17) is 9.97 Å². The van der Waals surface area contributed by atoms with Crippen LogP contribution in [0.1, 0.15) is 62.3 Å². The van der Waals surface area contributed by atoms with Gasteiger partial charge >= 0.3 is 0 Å². The minimum atomic E-state index is -0.0437. The summed E-state index contributed by atoms with van der Waals surface area (Å²) in [6.45, 7) is 10.6. The van der Waals surface area contributed by atoms with Crippen molar-refractivity contribution in [2.75, 3.05) is 23.3 Å². The standard InChI is InChI=1S/C35H40N6/c1-25-17-18-28(34(2,3)4)23-29(25)37-32-30-31(36-24-40(30)5)38-33(39-32)41-21-12-19-35(20-22-41,26-13-8-6-9-14-26)27-15-10-7-11-16-27/h6-11,13-18,23-24H,12,19-22H2,1-5H3,(H,37,38,39). The quantitative estimate of drug-likeness (QED) is 0.246. The first-order valence-corrected chi connectivity index (χ1v) is 14.7. The molecule has 1 fully saturated rings. The van der Waals surface area contributed by atoms with E-state index < -0.39 is 0 Å². The van der Waals surface area contributed by atoms with Gasteiger partial charge in [0.25, 0.3) is 0 Å². The average molecular weight is 545 g/mol. The monoisotopic (exact) mass is 544 g/mol. The van der Waals surface area contributed by atoms with Crippen LogP contribution in [-0.2, 0) is 17.9 Å². The van der Waals surface area contributed by atoms with Crippen LogP contribution < -0.4 is 10.2 Å². The first-order valence-electron chi connectivity index (χ1n) is 14.7. The fourth-order valence-electron chi connectivity index (χ4n) is 6.22. The molecule has 1 aliphatic heterocycles. The highest BCUT2D eigenvalue weighted by atomic mass is 15.3. The number of anilines is 3. The van der Waals surface area contributed by atoms with E-state index in [1.165, 1.54) is 22.3 Å². The zero-order valence-corrected chi connectivity index (χ0v) is 24.9. The van der Waals surface area contributed by atoms with Gasteiger partial charge in [-0.25, -0.2) is 4.98 Å². The molecule has 210 valence electrons. The molecular weight excluding hydrogens is 504 g/mol. The maximum absolute atomic E-state index is 5.16. The Morgan fingerprint density at radius 3 is 2.17 bits per heavy atom. The van der Waals surface area contributed by atoms with E-state index in [0.717, 1.165) is 55.3 Å². The second-order valence-electron chi connectivity index (χ2n) is 12.5. The molecule has 2 aromatic heterocycles. The van der Waals surface area contributed by atoms with Gasteiger partial charge in [-0.2, -0.15) is 9.97 Å². The minimum absolute atomic E-state index is 0.0437. The van der Waals surface area contributed by atoms with Crippen molar-refractivity contribution >= 4 is 28.6 Å². The van der Waals surface area contributed by atoms with Gasteiger partial charge in [0, 0.05) is 31.2 Å². The van der Waals surface area contributed by atoms with Crippen molar-refractivity contribution < 1.29 is 0 Å². The van der Waals surface area contributed by atoms with Gasteiger partial charge in [0.15, 0.2) is 11.5 Å². The van der Waals surface area contributed by atoms with E-state index in [2.05, 4.69) is 122 Å². The van der Waals surface area contributed by atoms with Crippen molar-refractivity contribution in [1.82, 2.24) is 19.5 Å². The maximum atomic E-state index is 5.16. The lowest BCUT2D eigenvalue weighted by Gasteiger charge is -2.34. The molecule has 0 unspecified atom stereocenters. The highest BCUT2D eigenvalue weighted by molar-refractivity contribution is 5.87. The van der Waals surface area contributed by atoms with Gasteiger partial charge < -0.3 is 14.8 Å². The second kappa shape index (κ2) is 10.7. The number of imidazole rings is 1. The molecule has 6 heteroatoms. The van der Waals surface area contributed by atoms with Crippen LogP contribution in [0.2, 0.25) is 0 Å². The number of nitrogens with one attached hydrogen (secondary N) is 1. The molecule has 41 heavy (non-hydrogen) atoms. The Balaban J connectivity index is 1.37. The average Bonchev–Trinajstić information content (AvgIpc) is 3.20. The van der Waals surface area contributed by atoms with Crippen molar-refractivity contribution in [2.24, 2.45) is 7.05 Å². The van der Waals surface area contributed by atoms with Crippen molar-refractivity contribution in [3.63, 3.8) is 0 Å². The molecule has 0 bridgehead atoms. The van der Waals surface area contributed by atoms with Crippen LogP contribution in [0.25, 0.3) is 11.2 Å². The normalized spacial score (nSPS) is 15.6. The molecule has 1 aliphatic rings. The topological polar surface area (TPSA) is 58.9 Å². The van der Waals surface area contributed by atoms with Gasteiger partial charge in [0.05, 0.1) is 6.33 Å². The molecule has 1 saturated heterocycles. The molecule has 6 rings (SSSR count). The molecule has 0 amide bonds. The number of rotatable bonds is 5. The SMILES string of the molecule is Cc1ccc(C(C)(C)C)cc1Nc1nc(N2CCCC(c3ccccc3)(c3ccccc3)CC2)nc2ncn(C)c12. The van der Waals surface area contributed by atoms with Gasteiger partial charge in [-0.1, -0.05) is 93.6 Å². The van der Waals surface area contributed by atoms with E-state index in [9.17, 15) is 0 Å². The van der Waals surface area contributed by atoms with Gasteiger partial charge in [0.2, 0.25) is 5.95 Å². The summed E-state index contributed by atoms with van der Waals surface area (Å²) in [5.74, 6) is 1.53. The molecular formula is C35H40N6. The summed E-state index contributed by atoms with van der Waals surface area (Å²) in [6, 6.07) is 28.7. The Bertz CT molecular complexity index is 1610. The van der Waals surface area contributed by atoms with Gasteiger partial charge in [-0.15, -0.1) is 0 Å². The first-order chi connectivity index (χ1) is 19.7. The van der Waals surface area contributed by atoms with Crippen molar-refractivity contribution in [3.8, 4) is 0 Å². The Kier molecular flexibility index (Phi) is 7.02. The van der Waals surface area contributed by atoms with Crippen molar-refractivity contribution in [1.29, 1.82) is 0 Å². The summed E-state index contributed by atoms with van der Waals surface area (Å²) in [5.41, 5.74) is 7.92. The molecule has 5 aromatic rings. The smallest absolute Gasteiger partial charge is 0.229 e. The van der Waals surface area contributed by atoms with E-state index in [1.807, 2.05) is 17.9 Å². The van der Waals surface area contributed by atoms with Crippen LogP contribution >= 0.6 is 0 Å². The molecule has 3 aromatic carbocycles. The largest absolute Gasteiger partial charge is 0.341 e. The summed E-state index contributed by atoms with van der Waals surface area (Å²) >= 11 is 0. The highest BCUT2D eigenvalue weighted by Crippen LogP contribution is 2.42. The van der Waals surface area contributed by atoms with Gasteiger partial charge in [-0.3, -0.25) is 0 Å². The maximum Gasteiger partial charge on any atom is 0.229 e. The number of hydrogen-bond acceptors (Lipinski definition) is 5. The molecule has 1 N–H and O–H groups in total. The number of hydrogen-bond donors (Lipinski definition) is 1. The van der Waals surface area contributed by atoms with Crippen LogP contribution in [0.4, 0.5) is 17.5 Å². The third kappa shape index (κ3) is 5.19. The Morgan fingerprint density at radius 2 is 1.51 bits per heavy atom. The lowest BCUT2D eigenvalue weighted by atomic mass is 9.69. The molecule has 0 saturated carbocycles. The third-order valence-electron chi connectivity index (χ3n) is 8.69. The minimum Gasteiger partial charge on any atom is -0.341 e. The van der Waals surface area contributed by atoms with Crippen LogP contribution in [0.5, 0.6) is 0 Å². The first kappa shape index (κ1) is 27.0. The van der Waals surface area contributed by atoms with Crippen molar-refractivity contribution in [2.45, 2.75) is 57.8 Å². The lowest BCUT2D eigenvalue weighted by Crippen LogP contribution is -2.31. The number of fused-ring (bicyclic) bond motifs is 1. The summed E-state index contributed by atoms with van der Waals surface area (Å²) in [4.78, 5) is 17.1. The van der Waals surface area contributed by atoms with E-state index >= 15 is 0 Å². The molecule has 0 radical (unpaired) electrons. The molecule has 6 nitrogen and oxygen atoms in total. The molecule has 0 spiro atoms. The van der Waals surface area contributed by atoms with E-state index in [1.54, 1.807) is 0 Å². The molecule has 0 atom stereocenters. The number of nitrogens with zero attached hydrogens (tertiary/aromatic N) is 5. The van der Waals surface area contributed by atoms with E-state index in [-0.39, 0.29) is 10.8 Å². The number of aryl methyl sites for hydroxylation is 2. The predicted molar refractivity (Wildman–Crippen MR) is 169 cm³/mol. The molecule has 3 heterocycles. The van der Waals surface area contributed by atoms with E-state index in [0.29, 0.717) is 5.65 Å². The zero-order chi connectivity index (χ0) is 28.6.